The Morgan fingerprint density at radius 1 is 1.47 bits per heavy atom. The summed E-state index contributed by atoms with van der Waals surface area (Å²) in [4.78, 5) is 13.9. The first-order chi connectivity index (χ1) is 8.24. The van der Waals surface area contributed by atoms with Crippen molar-refractivity contribution in [3.8, 4) is 0 Å². The molecule has 5 heteroatoms. The molecule has 0 spiro atoms. The summed E-state index contributed by atoms with van der Waals surface area (Å²) in [5.41, 5.74) is 1.45. The Bertz CT molecular complexity index is 392. The van der Waals surface area contributed by atoms with Gasteiger partial charge in [-0.05, 0) is 37.8 Å². The molecule has 1 fully saturated rings. The fourth-order valence-electron chi connectivity index (χ4n) is 2.48. The van der Waals surface area contributed by atoms with Gasteiger partial charge in [0, 0.05) is 24.2 Å². The Kier molecular flexibility index (Phi) is 4.36. The normalized spacial score (nSPS) is 19.4. The van der Waals surface area contributed by atoms with Crippen LogP contribution in [0.4, 0.5) is 0 Å². The van der Waals surface area contributed by atoms with Gasteiger partial charge in [0.2, 0.25) is 0 Å². The molecule has 0 atom stereocenters. The summed E-state index contributed by atoms with van der Waals surface area (Å²) in [5, 5.41) is 8.80. The first-order valence-electron chi connectivity index (χ1n) is 6.32. The molecule has 1 saturated heterocycles. The van der Waals surface area contributed by atoms with Crippen molar-refractivity contribution < 1.29 is 0 Å². The van der Waals surface area contributed by atoms with Crippen LogP contribution in [-0.4, -0.2) is 24.6 Å². The van der Waals surface area contributed by atoms with Gasteiger partial charge in [-0.2, -0.15) is 0 Å². The number of hydrogen-bond donors (Lipinski definition) is 3. The highest BCUT2D eigenvalue weighted by atomic mass is 32.1. The number of thiazole rings is 1. The number of H-pyrrole nitrogens is 1. The lowest BCUT2D eigenvalue weighted by molar-refractivity contribution is 0.185. The van der Waals surface area contributed by atoms with Gasteiger partial charge in [0.1, 0.15) is 0 Å². The van der Waals surface area contributed by atoms with Crippen LogP contribution < -0.4 is 15.5 Å². The van der Waals surface area contributed by atoms with Crippen LogP contribution in [0.1, 0.15) is 31.9 Å². The van der Waals surface area contributed by atoms with Crippen molar-refractivity contribution in [3.63, 3.8) is 0 Å². The molecule has 0 amide bonds. The molecular formula is C12H21N3OS. The summed E-state index contributed by atoms with van der Waals surface area (Å²) in [6, 6.07) is 0. The highest BCUT2D eigenvalue weighted by molar-refractivity contribution is 7.07. The first kappa shape index (κ1) is 12.8. The number of aromatic nitrogens is 1. The molecular weight excluding hydrogens is 234 g/mol. The molecule has 1 aliphatic heterocycles. The summed E-state index contributed by atoms with van der Waals surface area (Å²) in [5.74, 6) is 0. The van der Waals surface area contributed by atoms with Crippen LogP contribution in [0.15, 0.2) is 10.2 Å². The third kappa shape index (κ3) is 3.40. The van der Waals surface area contributed by atoms with Gasteiger partial charge < -0.3 is 15.6 Å². The lowest BCUT2D eigenvalue weighted by atomic mass is 9.76. The van der Waals surface area contributed by atoms with Gasteiger partial charge in [-0.25, -0.2) is 0 Å². The molecule has 0 bridgehead atoms. The topological polar surface area (TPSA) is 56.9 Å². The van der Waals surface area contributed by atoms with E-state index < -0.39 is 0 Å². The number of nitrogens with one attached hydrogen (secondary N) is 3. The zero-order valence-corrected chi connectivity index (χ0v) is 11.2. The third-order valence-corrected chi connectivity index (χ3v) is 4.52. The summed E-state index contributed by atoms with van der Waals surface area (Å²) in [6.45, 7) is 6.35. The first-order valence-corrected chi connectivity index (χ1v) is 7.20. The average Bonchev–Trinajstić information content (AvgIpc) is 2.76. The van der Waals surface area contributed by atoms with E-state index in [1.54, 1.807) is 0 Å². The molecule has 0 aliphatic carbocycles. The van der Waals surface area contributed by atoms with Crippen LogP contribution in [0.3, 0.4) is 0 Å². The van der Waals surface area contributed by atoms with Crippen molar-refractivity contribution in [1.82, 2.24) is 15.6 Å². The van der Waals surface area contributed by atoms with E-state index in [-0.39, 0.29) is 4.87 Å². The quantitative estimate of drug-likeness (QED) is 0.743. The minimum atomic E-state index is 0.0360. The van der Waals surface area contributed by atoms with Crippen molar-refractivity contribution in [3.05, 3.63) is 20.7 Å². The molecule has 1 aliphatic rings. The smallest absolute Gasteiger partial charge is 0.304 e. The summed E-state index contributed by atoms with van der Waals surface area (Å²) in [6.07, 6.45) is 3.72. The van der Waals surface area contributed by atoms with Crippen molar-refractivity contribution in [1.29, 1.82) is 0 Å². The number of aromatic amines is 1. The van der Waals surface area contributed by atoms with Gasteiger partial charge in [0.25, 0.3) is 0 Å². The van der Waals surface area contributed by atoms with Gasteiger partial charge in [-0.15, -0.1) is 0 Å². The number of rotatable bonds is 5. The van der Waals surface area contributed by atoms with Crippen LogP contribution >= 0.6 is 11.3 Å². The molecule has 2 rings (SSSR count). The van der Waals surface area contributed by atoms with E-state index >= 15 is 0 Å². The molecule has 17 heavy (non-hydrogen) atoms. The van der Waals surface area contributed by atoms with Gasteiger partial charge in [0.15, 0.2) is 0 Å². The van der Waals surface area contributed by atoms with Crippen LogP contribution in [-0.2, 0) is 6.54 Å². The van der Waals surface area contributed by atoms with Gasteiger partial charge >= 0.3 is 4.87 Å². The Labute approximate surface area is 106 Å². The van der Waals surface area contributed by atoms with E-state index in [4.69, 9.17) is 0 Å². The SMILES string of the molecule is CCC1(CNCc2csc(=O)[nH]2)CCNCC1. The van der Waals surface area contributed by atoms with Crippen molar-refractivity contribution in [2.75, 3.05) is 19.6 Å². The fraction of sp³-hybridized carbons (Fsp3) is 0.750. The van der Waals surface area contributed by atoms with E-state index in [2.05, 4.69) is 22.5 Å². The summed E-state index contributed by atoms with van der Waals surface area (Å²) in [7, 11) is 0. The van der Waals surface area contributed by atoms with Crippen molar-refractivity contribution in [2.45, 2.75) is 32.7 Å². The Hall–Kier alpha value is -0.650. The average molecular weight is 255 g/mol. The van der Waals surface area contributed by atoms with E-state index in [1.807, 2.05) is 5.38 Å². The third-order valence-electron chi connectivity index (χ3n) is 3.80. The molecule has 0 aromatic carbocycles. The van der Waals surface area contributed by atoms with Crippen molar-refractivity contribution in [2.24, 2.45) is 5.41 Å². The predicted octanol–water partition coefficient (Wildman–Crippen LogP) is 1.31. The molecule has 2 heterocycles. The summed E-state index contributed by atoms with van der Waals surface area (Å²) < 4.78 is 0. The van der Waals surface area contributed by atoms with Crippen LogP contribution in [0.2, 0.25) is 0 Å². The second-order valence-electron chi connectivity index (χ2n) is 4.88. The standard InChI is InChI=1S/C12H21N3OS/c1-2-12(3-5-13-6-4-12)9-14-7-10-8-17-11(16)15-10/h8,13-14H,2-7,9H2,1H3,(H,15,16). The molecule has 4 nitrogen and oxygen atoms in total. The minimum Gasteiger partial charge on any atom is -0.317 e. The van der Waals surface area contributed by atoms with Crippen LogP contribution in [0.25, 0.3) is 0 Å². The van der Waals surface area contributed by atoms with E-state index in [0.29, 0.717) is 5.41 Å². The minimum absolute atomic E-state index is 0.0360. The molecule has 1 aromatic rings. The maximum Gasteiger partial charge on any atom is 0.304 e. The largest absolute Gasteiger partial charge is 0.317 e. The number of piperidine rings is 1. The van der Waals surface area contributed by atoms with Crippen LogP contribution in [0, 0.1) is 5.41 Å². The maximum atomic E-state index is 11.0. The lowest BCUT2D eigenvalue weighted by Gasteiger charge is -2.37. The van der Waals surface area contributed by atoms with Crippen LogP contribution in [0.5, 0.6) is 0 Å². The Balaban J connectivity index is 1.81. The lowest BCUT2D eigenvalue weighted by Crippen LogP contribution is -2.42. The van der Waals surface area contributed by atoms with Gasteiger partial charge in [-0.1, -0.05) is 18.3 Å². The van der Waals surface area contributed by atoms with Gasteiger partial charge in [-0.3, -0.25) is 4.79 Å². The predicted molar refractivity (Wildman–Crippen MR) is 71.5 cm³/mol. The molecule has 0 unspecified atom stereocenters. The zero-order valence-electron chi connectivity index (χ0n) is 10.3. The molecule has 0 radical (unpaired) electrons. The Morgan fingerprint density at radius 2 is 2.24 bits per heavy atom. The second-order valence-corrected chi connectivity index (χ2v) is 5.72. The van der Waals surface area contributed by atoms with Crippen molar-refractivity contribution >= 4 is 11.3 Å². The van der Waals surface area contributed by atoms with E-state index in [1.165, 1.54) is 30.6 Å². The molecule has 1 aromatic heterocycles. The fourth-order valence-corrected chi connectivity index (χ4v) is 3.06. The second kappa shape index (κ2) is 5.80. The monoisotopic (exact) mass is 255 g/mol. The molecule has 96 valence electrons. The zero-order chi connectivity index (χ0) is 12.1. The highest BCUT2D eigenvalue weighted by Crippen LogP contribution is 2.31. The van der Waals surface area contributed by atoms with E-state index in [9.17, 15) is 4.79 Å². The molecule has 3 N–H and O–H groups in total. The number of hydrogen-bond acceptors (Lipinski definition) is 4. The highest BCUT2D eigenvalue weighted by Gasteiger charge is 2.29. The molecule has 0 saturated carbocycles. The van der Waals surface area contributed by atoms with Gasteiger partial charge in [0.05, 0.1) is 0 Å². The maximum absolute atomic E-state index is 11.0. The Morgan fingerprint density at radius 3 is 2.82 bits per heavy atom. The van der Waals surface area contributed by atoms with E-state index in [0.717, 1.165) is 31.9 Å². The summed E-state index contributed by atoms with van der Waals surface area (Å²) >= 11 is 1.23.